The summed E-state index contributed by atoms with van der Waals surface area (Å²) in [7, 11) is 0. The lowest BCUT2D eigenvalue weighted by Crippen LogP contribution is -2.21. The van der Waals surface area contributed by atoms with Crippen LogP contribution >= 0.6 is 0 Å². The highest BCUT2D eigenvalue weighted by atomic mass is 16.1. The highest BCUT2D eigenvalue weighted by Crippen LogP contribution is 2.28. The van der Waals surface area contributed by atoms with E-state index in [1.807, 2.05) is 13.0 Å². The van der Waals surface area contributed by atoms with E-state index in [1.54, 1.807) is 6.08 Å². The lowest BCUT2D eigenvalue weighted by Gasteiger charge is -1.96. The van der Waals surface area contributed by atoms with E-state index < -0.39 is 0 Å². The fourth-order valence-corrected chi connectivity index (χ4v) is 0.941. The van der Waals surface area contributed by atoms with E-state index in [2.05, 4.69) is 18.3 Å². The van der Waals surface area contributed by atoms with Crippen LogP contribution in [-0.2, 0) is 4.79 Å². The molecule has 1 rings (SSSR count). The van der Waals surface area contributed by atoms with Gasteiger partial charge in [0.15, 0.2) is 0 Å². The number of amides is 1. The Morgan fingerprint density at radius 1 is 1.75 bits per heavy atom. The summed E-state index contributed by atoms with van der Waals surface area (Å²) < 4.78 is 0. The molecule has 0 spiro atoms. The van der Waals surface area contributed by atoms with Gasteiger partial charge in [0.25, 0.3) is 0 Å². The minimum absolute atomic E-state index is 0.0185. The first-order valence-corrected chi connectivity index (χ1v) is 4.38. The first kappa shape index (κ1) is 9.04. The van der Waals surface area contributed by atoms with Gasteiger partial charge in [0.2, 0.25) is 5.91 Å². The van der Waals surface area contributed by atoms with E-state index in [1.165, 1.54) is 5.57 Å². The zero-order valence-electron chi connectivity index (χ0n) is 7.63. The van der Waals surface area contributed by atoms with Crippen molar-refractivity contribution in [3.63, 3.8) is 0 Å². The summed E-state index contributed by atoms with van der Waals surface area (Å²) in [5.74, 6) is 0.474. The molecule has 0 bridgehead atoms. The van der Waals surface area contributed by atoms with E-state index >= 15 is 0 Å². The summed E-state index contributed by atoms with van der Waals surface area (Å²) >= 11 is 0. The first-order chi connectivity index (χ1) is 5.74. The standard InChI is InChI=1S/C10H15NO/c1-3-6-11-10(12)5-4-9-7-8(9)2/h4-5,7,9H,3,6H2,1-2H3,(H,11,12). The first-order valence-electron chi connectivity index (χ1n) is 4.38. The van der Waals surface area contributed by atoms with Crippen molar-refractivity contribution in [1.29, 1.82) is 0 Å². The monoisotopic (exact) mass is 165 g/mol. The molecule has 1 amide bonds. The third-order valence-electron chi connectivity index (χ3n) is 1.86. The molecule has 2 nitrogen and oxygen atoms in total. The second-order valence-corrected chi connectivity index (χ2v) is 3.09. The number of hydrogen-bond donors (Lipinski definition) is 1. The molecule has 0 aromatic heterocycles. The molecule has 0 saturated carbocycles. The summed E-state index contributed by atoms with van der Waals surface area (Å²) in [4.78, 5) is 11.0. The van der Waals surface area contributed by atoms with Crippen molar-refractivity contribution in [2.24, 2.45) is 5.92 Å². The van der Waals surface area contributed by atoms with Crippen molar-refractivity contribution in [2.45, 2.75) is 20.3 Å². The molecule has 1 aliphatic rings. The van der Waals surface area contributed by atoms with Crippen molar-refractivity contribution in [2.75, 3.05) is 6.54 Å². The van der Waals surface area contributed by atoms with E-state index in [0.717, 1.165) is 13.0 Å². The molecule has 1 aliphatic carbocycles. The normalized spacial score (nSPS) is 20.8. The van der Waals surface area contributed by atoms with Gasteiger partial charge < -0.3 is 5.32 Å². The molecule has 0 aromatic rings. The van der Waals surface area contributed by atoms with E-state index in [-0.39, 0.29) is 5.91 Å². The van der Waals surface area contributed by atoms with Gasteiger partial charge in [-0.1, -0.05) is 24.6 Å². The van der Waals surface area contributed by atoms with Crippen molar-refractivity contribution in [1.82, 2.24) is 5.32 Å². The zero-order valence-corrected chi connectivity index (χ0v) is 7.63. The number of carbonyl (C=O) groups excluding carboxylic acids is 1. The molecule has 2 heteroatoms. The predicted molar refractivity (Wildman–Crippen MR) is 49.7 cm³/mol. The van der Waals surface area contributed by atoms with Crippen LogP contribution in [0.1, 0.15) is 20.3 Å². The number of hydrogen-bond acceptors (Lipinski definition) is 1. The molecular formula is C10H15NO. The van der Waals surface area contributed by atoms with E-state index in [4.69, 9.17) is 0 Å². The molecule has 0 aromatic carbocycles. The Bertz CT molecular complexity index is 228. The Labute approximate surface area is 73.4 Å². The largest absolute Gasteiger partial charge is 0.353 e. The van der Waals surface area contributed by atoms with Crippen molar-refractivity contribution in [3.05, 3.63) is 23.8 Å². The van der Waals surface area contributed by atoms with Crippen LogP contribution in [-0.4, -0.2) is 12.5 Å². The molecule has 0 radical (unpaired) electrons. The van der Waals surface area contributed by atoms with Crippen LogP contribution in [0.15, 0.2) is 23.8 Å². The average molecular weight is 165 g/mol. The summed E-state index contributed by atoms with van der Waals surface area (Å²) in [6, 6.07) is 0. The average Bonchev–Trinajstić information content (AvgIpc) is 2.75. The lowest BCUT2D eigenvalue weighted by molar-refractivity contribution is -0.116. The Morgan fingerprint density at radius 3 is 2.92 bits per heavy atom. The van der Waals surface area contributed by atoms with Gasteiger partial charge in [-0.05, 0) is 19.4 Å². The van der Waals surface area contributed by atoms with Gasteiger partial charge in [-0.2, -0.15) is 0 Å². The summed E-state index contributed by atoms with van der Waals surface area (Å²) in [6.45, 7) is 4.87. The lowest BCUT2D eigenvalue weighted by atomic mass is 10.3. The maximum absolute atomic E-state index is 11.0. The topological polar surface area (TPSA) is 29.1 Å². The number of carbonyl (C=O) groups is 1. The molecule has 0 saturated heterocycles. The maximum Gasteiger partial charge on any atom is 0.243 e. The summed E-state index contributed by atoms with van der Waals surface area (Å²) in [6.07, 6.45) is 6.66. The number of rotatable bonds is 4. The molecule has 66 valence electrons. The third kappa shape index (κ3) is 2.91. The van der Waals surface area contributed by atoms with Gasteiger partial charge in [0.1, 0.15) is 0 Å². The molecule has 0 aliphatic heterocycles. The van der Waals surface area contributed by atoms with E-state index in [9.17, 15) is 4.79 Å². The maximum atomic E-state index is 11.0. The zero-order chi connectivity index (χ0) is 8.97. The third-order valence-corrected chi connectivity index (χ3v) is 1.86. The van der Waals surface area contributed by atoms with Crippen LogP contribution in [0.3, 0.4) is 0 Å². The van der Waals surface area contributed by atoms with Gasteiger partial charge in [-0.25, -0.2) is 0 Å². The van der Waals surface area contributed by atoms with Crippen molar-refractivity contribution in [3.8, 4) is 0 Å². The molecule has 0 fully saturated rings. The Hall–Kier alpha value is -1.05. The Morgan fingerprint density at radius 2 is 2.42 bits per heavy atom. The highest BCUT2D eigenvalue weighted by Gasteiger charge is 2.15. The highest BCUT2D eigenvalue weighted by molar-refractivity contribution is 5.87. The van der Waals surface area contributed by atoms with Crippen LogP contribution < -0.4 is 5.32 Å². The predicted octanol–water partition coefficient (Wildman–Crippen LogP) is 1.64. The Balaban J connectivity index is 2.13. The van der Waals surface area contributed by atoms with Gasteiger partial charge >= 0.3 is 0 Å². The van der Waals surface area contributed by atoms with E-state index in [0.29, 0.717) is 5.92 Å². The molecular weight excluding hydrogens is 150 g/mol. The van der Waals surface area contributed by atoms with Crippen LogP contribution in [0.25, 0.3) is 0 Å². The van der Waals surface area contributed by atoms with Crippen LogP contribution in [0.5, 0.6) is 0 Å². The fourth-order valence-electron chi connectivity index (χ4n) is 0.941. The molecule has 0 heterocycles. The quantitative estimate of drug-likeness (QED) is 0.498. The number of allylic oxidation sites excluding steroid dienone is 3. The Kier molecular flexibility index (Phi) is 3.09. The molecule has 12 heavy (non-hydrogen) atoms. The molecule has 1 N–H and O–H groups in total. The van der Waals surface area contributed by atoms with Crippen molar-refractivity contribution < 1.29 is 4.79 Å². The SMILES string of the molecule is CCCNC(=O)C=CC1C=C1C. The smallest absolute Gasteiger partial charge is 0.243 e. The van der Waals surface area contributed by atoms with Gasteiger partial charge in [-0.15, -0.1) is 0 Å². The second kappa shape index (κ2) is 4.10. The minimum Gasteiger partial charge on any atom is -0.353 e. The van der Waals surface area contributed by atoms with Gasteiger partial charge in [-0.3, -0.25) is 4.79 Å². The fraction of sp³-hybridized carbons (Fsp3) is 0.500. The molecule has 1 atom stereocenters. The summed E-state index contributed by atoms with van der Waals surface area (Å²) in [5.41, 5.74) is 1.36. The van der Waals surface area contributed by atoms with Gasteiger partial charge in [0.05, 0.1) is 0 Å². The van der Waals surface area contributed by atoms with Crippen LogP contribution in [0, 0.1) is 5.92 Å². The molecule has 1 unspecified atom stereocenters. The van der Waals surface area contributed by atoms with Crippen LogP contribution in [0.4, 0.5) is 0 Å². The van der Waals surface area contributed by atoms with Crippen LogP contribution in [0.2, 0.25) is 0 Å². The second-order valence-electron chi connectivity index (χ2n) is 3.09. The van der Waals surface area contributed by atoms with Crippen molar-refractivity contribution >= 4 is 5.91 Å². The summed E-state index contributed by atoms with van der Waals surface area (Å²) in [5, 5.41) is 2.78. The number of nitrogens with one attached hydrogen (secondary N) is 1. The minimum atomic E-state index is 0.0185. The van der Waals surface area contributed by atoms with Gasteiger partial charge in [0, 0.05) is 12.5 Å².